The zero-order chi connectivity index (χ0) is 30.2. The monoisotopic (exact) mass is 579 g/mol. The number of nitrogens with two attached hydrogens (primary N) is 1. The average Bonchev–Trinajstić information content (AvgIpc) is 3.37. The summed E-state index contributed by atoms with van der Waals surface area (Å²) in [5.41, 5.74) is 7.04. The first-order chi connectivity index (χ1) is 20.0. The van der Waals surface area contributed by atoms with Gasteiger partial charge in [0.15, 0.2) is 17.8 Å². The van der Waals surface area contributed by atoms with Gasteiger partial charge in [-0.05, 0) is 17.7 Å². The van der Waals surface area contributed by atoms with Gasteiger partial charge < -0.3 is 25.5 Å². The molecule has 1 aliphatic carbocycles. The van der Waals surface area contributed by atoms with Crippen molar-refractivity contribution in [2.45, 2.75) is 38.2 Å². The first-order valence-corrected chi connectivity index (χ1v) is 12.9. The van der Waals surface area contributed by atoms with Gasteiger partial charge in [-0.25, -0.2) is 4.79 Å². The van der Waals surface area contributed by atoms with Crippen molar-refractivity contribution in [3.63, 3.8) is 0 Å². The Hall–Kier alpha value is -4.97. The number of ether oxygens (including phenoxy) is 2. The Balaban J connectivity index is 1.41. The van der Waals surface area contributed by atoms with Crippen molar-refractivity contribution in [1.29, 1.82) is 0 Å². The Kier molecular flexibility index (Phi) is 7.57. The molecule has 1 heterocycles. The van der Waals surface area contributed by atoms with Gasteiger partial charge >= 0.3 is 18.1 Å². The molecule has 1 aromatic heterocycles. The lowest BCUT2D eigenvalue weighted by Gasteiger charge is -2.24. The third kappa shape index (κ3) is 5.48. The highest BCUT2D eigenvalue weighted by molar-refractivity contribution is 6.29. The number of hydrogen-bond acceptors (Lipinski definition) is 8. The van der Waals surface area contributed by atoms with Crippen LogP contribution in [-0.4, -0.2) is 46.9 Å². The molecule has 0 saturated carbocycles. The second-order valence-corrected chi connectivity index (χ2v) is 9.64. The number of ketones is 2. The fourth-order valence-electron chi connectivity index (χ4n) is 4.76. The van der Waals surface area contributed by atoms with Gasteiger partial charge in [0, 0.05) is 58.4 Å². The predicted molar refractivity (Wildman–Crippen MR) is 145 cm³/mol. The Bertz CT molecular complexity index is 1730. The molecular formula is C30H24F3N3O6. The van der Waals surface area contributed by atoms with E-state index in [1.54, 1.807) is 13.1 Å². The van der Waals surface area contributed by atoms with Crippen LogP contribution in [0.4, 0.5) is 18.9 Å². The van der Waals surface area contributed by atoms with Gasteiger partial charge in [0.1, 0.15) is 11.8 Å². The fourth-order valence-corrected chi connectivity index (χ4v) is 4.76. The van der Waals surface area contributed by atoms with E-state index in [-0.39, 0.29) is 35.2 Å². The van der Waals surface area contributed by atoms with Crippen molar-refractivity contribution >= 4 is 40.1 Å². The SMILES string of the molecule is CCC(Nc1cc(OC(=O)C(F)(F)F)c2c(c1)C(=O)c1ccccc1C2=O)OC(=O)[C@@H](N)Cc1c[nH]c2ccccc12. The van der Waals surface area contributed by atoms with Crippen molar-refractivity contribution < 1.29 is 41.8 Å². The minimum atomic E-state index is -5.36. The maximum atomic E-state index is 13.3. The van der Waals surface area contributed by atoms with Crippen LogP contribution in [0.5, 0.6) is 5.75 Å². The number of para-hydroxylation sites is 1. The van der Waals surface area contributed by atoms with E-state index in [0.717, 1.165) is 22.5 Å². The molecule has 4 aromatic rings. The summed E-state index contributed by atoms with van der Waals surface area (Å²) in [6, 6.07) is 14.5. The molecule has 3 aromatic carbocycles. The minimum Gasteiger partial charge on any atom is -0.441 e. The first-order valence-electron chi connectivity index (χ1n) is 12.9. The standard InChI is InChI=1S/C30H24F3N3O6/c1-2-24(42-28(39)21(34)11-15-14-35-22-10-6-5-7-17(15)22)36-16-12-20-25(23(13-16)41-29(40)30(31,32)33)27(38)19-9-4-3-8-18(19)26(20)37/h3-10,12-14,21,24,35-36H,2,11,34H2,1H3/t21-,24?/m0/s1. The Morgan fingerprint density at radius 2 is 1.64 bits per heavy atom. The molecule has 1 unspecified atom stereocenters. The molecule has 0 saturated heterocycles. The number of halogens is 3. The number of aromatic amines is 1. The molecule has 1 aliphatic rings. The van der Waals surface area contributed by atoms with Gasteiger partial charge in [0.2, 0.25) is 0 Å². The van der Waals surface area contributed by atoms with Crippen LogP contribution in [0.15, 0.2) is 66.9 Å². The highest BCUT2D eigenvalue weighted by atomic mass is 19.4. The molecule has 216 valence electrons. The number of carbonyl (C=O) groups excluding carboxylic acids is 4. The summed E-state index contributed by atoms with van der Waals surface area (Å²) in [4.78, 5) is 54.2. The Morgan fingerprint density at radius 1 is 0.976 bits per heavy atom. The molecule has 0 aliphatic heterocycles. The molecule has 0 spiro atoms. The number of carbonyl (C=O) groups is 4. The summed E-state index contributed by atoms with van der Waals surface area (Å²) in [6.07, 6.45) is -4.28. The lowest BCUT2D eigenvalue weighted by Crippen LogP contribution is -2.38. The maximum Gasteiger partial charge on any atom is 0.491 e. The number of H-pyrrole nitrogens is 1. The van der Waals surface area contributed by atoms with Gasteiger partial charge in [-0.15, -0.1) is 0 Å². The summed E-state index contributed by atoms with van der Waals surface area (Å²) in [5, 5.41) is 3.73. The van der Waals surface area contributed by atoms with Crippen LogP contribution in [0.2, 0.25) is 0 Å². The van der Waals surface area contributed by atoms with E-state index in [1.807, 2.05) is 24.3 Å². The number of anilines is 1. The smallest absolute Gasteiger partial charge is 0.441 e. The van der Waals surface area contributed by atoms with Gasteiger partial charge in [-0.2, -0.15) is 13.2 Å². The molecule has 42 heavy (non-hydrogen) atoms. The third-order valence-electron chi connectivity index (χ3n) is 6.80. The highest BCUT2D eigenvalue weighted by Gasteiger charge is 2.43. The number of nitrogens with one attached hydrogen (secondary N) is 2. The summed E-state index contributed by atoms with van der Waals surface area (Å²) < 4.78 is 49.3. The van der Waals surface area contributed by atoms with Crippen LogP contribution in [0.25, 0.3) is 10.9 Å². The van der Waals surface area contributed by atoms with E-state index >= 15 is 0 Å². The average molecular weight is 580 g/mol. The summed E-state index contributed by atoms with van der Waals surface area (Å²) in [6.45, 7) is 1.67. The van der Waals surface area contributed by atoms with Crippen LogP contribution >= 0.6 is 0 Å². The molecule has 5 rings (SSSR count). The van der Waals surface area contributed by atoms with Crippen LogP contribution in [0.3, 0.4) is 0 Å². The van der Waals surface area contributed by atoms with E-state index in [1.165, 1.54) is 30.3 Å². The Morgan fingerprint density at radius 3 is 2.33 bits per heavy atom. The number of aromatic nitrogens is 1. The van der Waals surface area contributed by atoms with Crippen molar-refractivity contribution in [3.8, 4) is 5.75 Å². The van der Waals surface area contributed by atoms with Gasteiger partial charge in [-0.1, -0.05) is 49.4 Å². The largest absolute Gasteiger partial charge is 0.491 e. The number of hydrogen-bond donors (Lipinski definition) is 3. The van der Waals surface area contributed by atoms with E-state index < -0.39 is 53.3 Å². The number of rotatable bonds is 8. The predicted octanol–water partition coefficient (Wildman–Crippen LogP) is 4.67. The minimum absolute atomic E-state index is 0.0240. The number of fused-ring (bicyclic) bond motifs is 3. The zero-order valence-corrected chi connectivity index (χ0v) is 22.1. The zero-order valence-electron chi connectivity index (χ0n) is 22.1. The molecule has 4 N–H and O–H groups in total. The summed E-state index contributed by atoms with van der Waals surface area (Å²) in [5.74, 6) is -5.51. The molecular weight excluding hydrogens is 555 g/mol. The quantitative estimate of drug-likeness (QED) is 0.137. The van der Waals surface area contributed by atoms with E-state index in [2.05, 4.69) is 15.0 Å². The molecule has 0 amide bonds. The lowest BCUT2D eigenvalue weighted by molar-refractivity contribution is -0.189. The fraction of sp³-hybridized carbons (Fsp3) is 0.200. The second kappa shape index (κ2) is 11.1. The normalized spacial score (nSPS) is 14.1. The van der Waals surface area contributed by atoms with Crippen LogP contribution in [-0.2, 0) is 20.7 Å². The first kappa shape index (κ1) is 28.6. The van der Waals surface area contributed by atoms with E-state index in [4.69, 9.17) is 10.5 Å². The topological polar surface area (TPSA) is 141 Å². The van der Waals surface area contributed by atoms with Crippen molar-refractivity contribution in [2.75, 3.05) is 5.32 Å². The van der Waals surface area contributed by atoms with E-state index in [9.17, 15) is 32.3 Å². The van der Waals surface area contributed by atoms with Crippen LogP contribution in [0.1, 0.15) is 50.8 Å². The van der Waals surface area contributed by atoms with E-state index in [0.29, 0.717) is 0 Å². The summed E-state index contributed by atoms with van der Waals surface area (Å²) >= 11 is 0. The number of benzene rings is 3. The lowest BCUT2D eigenvalue weighted by atomic mass is 9.83. The van der Waals surface area contributed by atoms with Crippen LogP contribution < -0.4 is 15.8 Å². The van der Waals surface area contributed by atoms with Gasteiger partial charge in [-0.3, -0.25) is 14.4 Å². The van der Waals surface area contributed by atoms with Gasteiger partial charge in [0.05, 0.1) is 5.56 Å². The maximum absolute atomic E-state index is 13.3. The molecule has 0 fully saturated rings. The molecule has 9 nitrogen and oxygen atoms in total. The second-order valence-electron chi connectivity index (χ2n) is 9.64. The van der Waals surface area contributed by atoms with Crippen molar-refractivity contribution in [3.05, 3.63) is 94.7 Å². The Labute approximate surface area is 236 Å². The third-order valence-corrected chi connectivity index (χ3v) is 6.80. The highest BCUT2D eigenvalue weighted by Crippen LogP contribution is 2.37. The molecule has 12 heteroatoms. The summed E-state index contributed by atoms with van der Waals surface area (Å²) in [7, 11) is 0. The van der Waals surface area contributed by atoms with Crippen LogP contribution in [0, 0.1) is 0 Å². The number of esters is 2. The molecule has 0 bridgehead atoms. The molecule has 0 radical (unpaired) electrons. The van der Waals surface area contributed by atoms with Crippen molar-refractivity contribution in [1.82, 2.24) is 4.98 Å². The number of alkyl halides is 3. The molecule has 2 atom stereocenters. The van der Waals surface area contributed by atoms with Gasteiger partial charge in [0.25, 0.3) is 0 Å². The van der Waals surface area contributed by atoms with Crippen molar-refractivity contribution in [2.24, 2.45) is 5.73 Å².